The number of aromatic nitrogens is 2. The third kappa shape index (κ3) is 1.42. The van der Waals surface area contributed by atoms with Gasteiger partial charge in [0.25, 0.3) is 5.69 Å². The molecule has 0 aliphatic carbocycles. The molecule has 5 heteroatoms. The van der Waals surface area contributed by atoms with Crippen molar-refractivity contribution < 1.29 is 4.92 Å². The fourth-order valence-corrected chi connectivity index (χ4v) is 1.46. The third-order valence-corrected chi connectivity index (χ3v) is 2.10. The molecule has 1 aromatic carbocycles. The second-order valence-electron chi connectivity index (χ2n) is 2.97. The molecule has 2 rings (SSSR count). The van der Waals surface area contributed by atoms with Crippen LogP contribution in [0.15, 0.2) is 24.4 Å². The zero-order chi connectivity index (χ0) is 10.8. The Kier molecular flexibility index (Phi) is 2.10. The van der Waals surface area contributed by atoms with Crippen molar-refractivity contribution in [1.29, 1.82) is 0 Å². The fraction of sp³-hybridized carbons (Fsp3) is 0.100. The van der Waals surface area contributed by atoms with Crippen molar-refractivity contribution >= 4 is 16.6 Å². The molecule has 0 fully saturated rings. The maximum atomic E-state index is 10.7. The van der Waals surface area contributed by atoms with Crippen LogP contribution in [0.3, 0.4) is 0 Å². The SMILES string of the molecule is C#CCn1ncc2c([N+](=O)[O-])cccc21. The summed E-state index contributed by atoms with van der Waals surface area (Å²) in [6.07, 6.45) is 6.63. The highest BCUT2D eigenvalue weighted by molar-refractivity contribution is 5.87. The molecule has 0 amide bonds. The smallest absolute Gasteiger partial charge is 0.258 e. The number of nitrogens with zero attached hydrogens (tertiary/aromatic N) is 3. The van der Waals surface area contributed by atoms with E-state index >= 15 is 0 Å². The van der Waals surface area contributed by atoms with Gasteiger partial charge in [0.05, 0.1) is 22.0 Å². The van der Waals surface area contributed by atoms with Gasteiger partial charge in [0.15, 0.2) is 0 Å². The summed E-state index contributed by atoms with van der Waals surface area (Å²) in [6, 6.07) is 4.83. The van der Waals surface area contributed by atoms with Crippen LogP contribution < -0.4 is 0 Å². The average molecular weight is 201 g/mol. The lowest BCUT2D eigenvalue weighted by molar-refractivity contribution is -0.383. The molecule has 74 valence electrons. The summed E-state index contributed by atoms with van der Waals surface area (Å²) in [6.45, 7) is 0.310. The van der Waals surface area contributed by atoms with Crippen LogP contribution in [-0.4, -0.2) is 14.7 Å². The van der Waals surface area contributed by atoms with Crippen molar-refractivity contribution in [1.82, 2.24) is 9.78 Å². The van der Waals surface area contributed by atoms with Crippen molar-refractivity contribution in [2.45, 2.75) is 6.54 Å². The predicted octanol–water partition coefficient (Wildman–Crippen LogP) is 1.58. The number of nitro benzene ring substituents is 1. The molecule has 0 atom stereocenters. The Hall–Kier alpha value is -2.35. The number of non-ortho nitro benzene ring substituents is 1. The zero-order valence-corrected chi connectivity index (χ0v) is 7.75. The molecule has 0 unspecified atom stereocenters. The van der Waals surface area contributed by atoms with E-state index in [1.54, 1.807) is 16.8 Å². The molecule has 2 aromatic rings. The number of terminal acetylenes is 1. The summed E-state index contributed by atoms with van der Waals surface area (Å²) in [5.41, 5.74) is 0.734. The van der Waals surface area contributed by atoms with Crippen molar-refractivity contribution in [3.63, 3.8) is 0 Å². The summed E-state index contributed by atoms with van der Waals surface area (Å²) < 4.78 is 1.56. The van der Waals surface area contributed by atoms with Gasteiger partial charge in [-0.3, -0.25) is 14.8 Å². The second kappa shape index (κ2) is 3.42. The van der Waals surface area contributed by atoms with E-state index in [0.29, 0.717) is 17.4 Å². The lowest BCUT2D eigenvalue weighted by atomic mass is 10.2. The van der Waals surface area contributed by atoms with Gasteiger partial charge in [-0.15, -0.1) is 6.42 Å². The van der Waals surface area contributed by atoms with Gasteiger partial charge in [0.1, 0.15) is 6.54 Å². The molecule has 1 heterocycles. The molecule has 5 nitrogen and oxygen atoms in total. The summed E-state index contributed by atoms with van der Waals surface area (Å²) in [5, 5.41) is 15.2. The molecule has 0 saturated carbocycles. The second-order valence-corrected chi connectivity index (χ2v) is 2.97. The lowest BCUT2D eigenvalue weighted by Gasteiger charge is -1.97. The summed E-state index contributed by atoms with van der Waals surface area (Å²) >= 11 is 0. The van der Waals surface area contributed by atoms with Gasteiger partial charge in [0, 0.05) is 6.07 Å². The quantitative estimate of drug-likeness (QED) is 0.421. The van der Waals surface area contributed by atoms with Crippen LogP contribution in [0.25, 0.3) is 10.9 Å². The van der Waals surface area contributed by atoms with E-state index in [0.717, 1.165) is 0 Å². The number of fused-ring (bicyclic) bond motifs is 1. The first-order chi connectivity index (χ1) is 7.24. The normalized spacial score (nSPS) is 10.1. The van der Waals surface area contributed by atoms with Crippen LogP contribution in [0.1, 0.15) is 0 Å². The first kappa shape index (κ1) is 9.21. The van der Waals surface area contributed by atoms with E-state index in [2.05, 4.69) is 11.0 Å². The highest BCUT2D eigenvalue weighted by atomic mass is 16.6. The van der Waals surface area contributed by atoms with Gasteiger partial charge in [-0.25, -0.2) is 0 Å². The van der Waals surface area contributed by atoms with Crippen LogP contribution in [0.2, 0.25) is 0 Å². The molecule has 0 aliphatic heterocycles. The third-order valence-electron chi connectivity index (χ3n) is 2.10. The number of hydrogen-bond donors (Lipinski definition) is 0. The molecule has 0 spiro atoms. The molecule has 1 aromatic heterocycles. The minimum atomic E-state index is -0.426. The maximum Gasteiger partial charge on any atom is 0.280 e. The first-order valence-corrected chi connectivity index (χ1v) is 4.26. The number of rotatable bonds is 2. The Bertz CT molecular complexity index is 566. The largest absolute Gasteiger partial charge is 0.280 e. The van der Waals surface area contributed by atoms with E-state index in [9.17, 15) is 10.1 Å². The van der Waals surface area contributed by atoms with E-state index in [1.807, 2.05) is 0 Å². The molecule has 0 radical (unpaired) electrons. The van der Waals surface area contributed by atoms with Crippen molar-refractivity contribution in [2.75, 3.05) is 0 Å². The van der Waals surface area contributed by atoms with E-state index < -0.39 is 4.92 Å². The van der Waals surface area contributed by atoms with Crippen LogP contribution >= 0.6 is 0 Å². The summed E-state index contributed by atoms with van der Waals surface area (Å²) in [4.78, 5) is 10.3. The topological polar surface area (TPSA) is 61.0 Å². The molecule has 0 bridgehead atoms. The minimum absolute atomic E-state index is 0.0516. The van der Waals surface area contributed by atoms with Gasteiger partial charge in [-0.1, -0.05) is 12.0 Å². The summed E-state index contributed by atoms with van der Waals surface area (Å²) in [5.74, 6) is 2.44. The van der Waals surface area contributed by atoms with Gasteiger partial charge >= 0.3 is 0 Å². The highest BCUT2D eigenvalue weighted by Gasteiger charge is 2.13. The zero-order valence-electron chi connectivity index (χ0n) is 7.75. The summed E-state index contributed by atoms with van der Waals surface area (Å²) in [7, 11) is 0. The van der Waals surface area contributed by atoms with Crippen molar-refractivity contribution in [3.8, 4) is 12.3 Å². The van der Waals surface area contributed by atoms with Gasteiger partial charge < -0.3 is 0 Å². The fourth-order valence-electron chi connectivity index (χ4n) is 1.46. The van der Waals surface area contributed by atoms with Crippen LogP contribution in [0.4, 0.5) is 5.69 Å². The Morgan fingerprint density at radius 3 is 3.07 bits per heavy atom. The maximum absolute atomic E-state index is 10.7. The Balaban J connectivity index is 2.70. The van der Waals surface area contributed by atoms with Crippen LogP contribution in [-0.2, 0) is 6.54 Å². The Morgan fingerprint density at radius 1 is 1.60 bits per heavy atom. The minimum Gasteiger partial charge on any atom is -0.258 e. The number of nitro groups is 1. The highest BCUT2D eigenvalue weighted by Crippen LogP contribution is 2.24. The monoisotopic (exact) mass is 201 g/mol. The number of hydrogen-bond acceptors (Lipinski definition) is 3. The average Bonchev–Trinajstić information content (AvgIpc) is 2.62. The van der Waals surface area contributed by atoms with Gasteiger partial charge in [-0.05, 0) is 6.07 Å². The molecule has 0 aliphatic rings. The molecule has 15 heavy (non-hydrogen) atoms. The molecular formula is C10H7N3O2. The Labute approximate surface area is 85.5 Å². The molecular weight excluding hydrogens is 194 g/mol. The van der Waals surface area contributed by atoms with E-state index in [4.69, 9.17) is 6.42 Å². The van der Waals surface area contributed by atoms with E-state index in [1.165, 1.54) is 12.3 Å². The molecule has 0 saturated heterocycles. The predicted molar refractivity (Wildman–Crippen MR) is 55.2 cm³/mol. The standard InChI is InChI=1S/C10H7N3O2/c1-2-6-12-9-4-3-5-10(13(14)15)8(9)7-11-12/h1,3-5,7H,6H2. The van der Waals surface area contributed by atoms with Crippen LogP contribution in [0, 0.1) is 22.5 Å². The van der Waals surface area contributed by atoms with Gasteiger partial charge in [-0.2, -0.15) is 5.10 Å². The number of benzene rings is 1. The van der Waals surface area contributed by atoms with E-state index in [-0.39, 0.29) is 5.69 Å². The van der Waals surface area contributed by atoms with Crippen LogP contribution in [0.5, 0.6) is 0 Å². The first-order valence-electron chi connectivity index (χ1n) is 4.26. The lowest BCUT2D eigenvalue weighted by Crippen LogP contribution is -1.96. The Morgan fingerprint density at radius 2 is 2.40 bits per heavy atom. The molecule has 0 N–H and O–H groups in total. The van der Waals surface area contributed by atoms with Gasteiger partial charge in [0.2, 0.25) is 0 Å². The van der Waals surface area contributed by atoms with Crippen molar-refractivity contribution in [3.05, 3.63) is 34.5 Å². The van der Waals surface area contributed by atoms with Crippen molar-refractivity contribution in [2.24, 2.45) is 0 Å².